The van der Waals surface area contributed by atoms with Gasteiger partial charge >= 0.3 is 5.69 Å². The number of thiophene rings is 1. The molecule has 0 aromatic carbocycles. The van der Waals surface area contributed by atoms with E-state index in [1.165, 1.54) is 17.4 Å². The average Bonchev–Trinajstić information content (AvgIpc) is 2.85. The minimum absolute atomic E-state index is 0.00922. The molecule has 0 saturated carbocycles. The number of hydrogen-bond donors (Lipinski definition) is 1. The molecule has 7 nitrogen and oxygen atoms in total. The van der Waals surface area contributed by atoms with Crippen LogP contribution in [0.2, 0.25) is 0 Å². The van der Waals surface area contributed by atoms with Crippen molar-refractivity contribution in [3.63, 3.8) is 0 Å². The molecule has 1 aromatic heterocycles. The maximum absolute atomic E-state index is 11.3. The van der Waals surface area contributed by atoms with Crippen LogP contribution in [0, 0.1) is 10.1 Å². The van der Waals surface area contributed by atoms with Gasteiger partial charge in [0.05, 0.1) is 30.3 Å². The SMILES string of the molecule is COCCN(c1sc(C(C)O)cc1[N+](=O)[O-])C(C)COC. The van der Waals surface area contributed by atoms with E-state index < -0.39 is 11.0 Å². The number of nitro groups is 1. The highest BCUT2D eigenvalue weighted by Crippen LogP contribution is 2.40. The van der Waals surface area contributed by atoms with Gasteiger partial charge in [0.15, 0.2) is 5.00 Å². The van der Waals surface area contributed by atoms with Crippen molar-refractivity contribution in [2.75, 3.05) is 38.9 Å². The van der Waals surface area contributed by atoms with E-state index in [2.05, 4.69) is 0 Å². The molecule has 0 aliphatic rings. The van der Waals surface area contributed by atoms with Gasteiger partial charge in [-0.1, -0.05) is 0 Å². The first-order valence-corrected chi connectivity index (χ1v) is 7.44. The van der Waals surface area contributed by atoms with Gasteiger partial charge in [-0.15, -0.1) is 11.3 Å². The largest absolute Gasteiger partial charge is 0.388 e. The molecule has 120 valence electrons. The molecular formula is C13H22N2O5S. The van der Waals surface area contributed by atoms with Crippen LogP contribution in [0.25, 0.3) is 0 Å². The summed E-state index contributed by atoms with van der Waals surface area (Å²) in [4.78, 5) is 13.3. The number of aliphatic hydroxyl groups excluding tert-OH is 1. The Morgan fingerprint density at radius 1 is 1.43 bits per heavy atom. The van der Waals surface area contributed by atoms with Crippen LogP contribution in [0.15, 0.2) is 6.07 Å². The topological polar surface area (TPSA) is 85.1 Å². The summed E-state index contributed by atoms with van der Waals surface area (Å²) in [6, 6.07) is 1.40. The van der Waals surface area contributed by atoms with Gasteiger partial charge in [0, 0.05) is 31.7 Å². The Bertz CT molecular complexity index is 463. The van der Waals surface area contributed by atoms with Crippen molar-refractivity contribution in [3.05, 3.63) is 21.1 Å². The first kappa shape index (κ1) is 17.8. The van der Waals surface area contributed by atoms with E-state index in [4.69, 9.17) is 9.47 Å². The van der Waals surface area contributed by atoms with Crippen LogP contribution in [0.5, 0.6) is 0 Å². The zero-order valence-corrected chi connectivity index (χ0v) is 13.6. The van der Waals surface area contributed by atoms with Gasteiger partial charge in [0.2, 0.25) is 0 Å². The molecule has 1 heterocycles. The van der Waals surface area contributed by atoms with Gasteiger partial charge in [-0.3, -0.25) is 10.1 Å². The predicted molar refractivity (Wildman–Crippen MR) is 82.2 cm³/mol. The molecule has 0 spiro atoms. The average molecular weight is 318 g/mol. The fraction of sp³-hybridized carbons (Fsp3) is 0.692. The fourth-order valence-corrected chi connectivity index (χ4v) is 3.17. The maximum Gasteiger partial charge on any atom is 0.304 e. The molecule has 8 heteroatoms. The summed E-state index contributed by atoms with van der Waals surface area (Å²) >= 11 is 1.23. The van der Waals surface area contributed by atoms with E-state index in [9.17, 15) is 15.2 Å². The van der Waals surface area contributed by atoms with E-state index >= 15 is 0 Å². The molecule has 0 aliphatic heterocycles. The fourth-order valence-electron chi connectivity index (χ4n) is 1.98. The molecule has 0 radical (unpaired) electrons. The maximum atomic E-state index is 11.3. The third-order valence-electron chi connectivity index (χ3n) is 3.06. The molecule has 0 aliphatic carbocycles. The van der Waals surface area contributed by atoms with Crippen molar-refractivity contribution in [1.29, 1.82) is 0 Å². The van der Waals surface area contributed by atoms with E-state index in [-0.39, 0.29) is 11.7 Å². The number of aliphatic hydroxyl groups is 1. The highest BCUT2D eigenvalue weighted by molar-refractivity contribution is 7.16. The molecule has 0 amide bonds. The quantitative estimate of drug-likeness (QED) is 0.555. The zero-order valence-electron chi connectivity index (χ0n) is 12.7. The van der Waals surface area contributed by atoms with Crippen molar-refractivity contribution >= 4 is 22.0 Å². The van der Waals surface area contributed by atoms with Gasteiger partial charge in [-0.05, 0) is 13.8 Å². The van der Waals surface area contributed by atoms with Crippen LogP contribution in [0.1, 0.15) is 24.8 Å². The highest BCUT2D eigenvalue weighted by atomic mass is 32.1. The summed E-state index contributed by atoms with van der Waals surface area (Å²) in [5, 5.41) is 21.4. The summed E-state index contributed by atoms with van der Waals surface area (Å²) in [6.45, 7) is 4.94. The van der Waals surface area contributed by atoms with Gasteiger partial charge in [-0.2, -0.15) is 0 Å². The Kier molecular flexibility index (Phi) is 7.03. The summed E-state index contributed by atoms with van der Waals surface area (Å²) in [6.07, 6.45) is -0.732. The Hall–Kier alpha value is -1.22. The summed E-state index contributed by atoms with van der Waals surface area (Å²) < 4.78 is 10.2. The molecule has 0 bridgehead atoms. The third-order valence-corrected chi connectivity index (χ3v) is 4.39. The second kappa shape index (κ2) is 8.28. The van der Waals surface area contributed by atoms with Crippen LogP contribution in [0.4, 0.5) is 10.7 Å². The van der Waals surface area contributed by atoms with Crippen LogP contribution in [-0.2, 0) is 9.47 Å². The number of nitrogens with zero attached hydrogens (tertiary/aromatic N) is 2. The summed E-state index contributed by atoms with van der Waals surface area (Å²) in [5.41, 5.74) is 0.00922. The summed E-state index contributed by atoms with van der Waals surface area (Å²) in [5.74, 6) is 0. The van der Waals surface area contributed by atoms with Crippen LogP contribution in [-0.4, -0.2) is 50.0 Å². The molecule has 1 N–H and O–H groups in total. The molecule has 0 saturated heterocycles. The lowest BCUT2D eigenvalue weighted by molar-refractivity contribution is -0.383. The number of anilines is 1. The van der Waals surface area contributed by atoms with E-state index in [0.29, 0.717) is 29.6 Å². The molecule has 2 atom stereocenters. The summed E-state index contributed by atoms with van der Waals surface area (Å²) in [7, 11) is 3.18. The van der Waals surface area contributed by atoms with Gasteiger partial charge in [0.1, 0.15) is 0 Å². The van der Waals surface area contributed by atoms with Crippen LogP contribution >= 0.6 is 11.3 Å². The second-order valence-corrected chi connectivity index (χ2v) is 5.83. The molecule has 0 fully saturated rings. The smallest absolute Gasteiger partial charge is 0.304 e. The second-order valence-electron chi connectivity index (χ2n) is 4.76. The number of ether oxygens (including phenoxy) is 2. The first-order chi connectivity index (χ1) is 9.92. The Balaban J connectivity index is 3.17. The van der Waals surface area contributed by atoms with Gasteiger partial charge < -0.3 is 19.5 Å². The van der Waals surface area contributed by atoms with Crippen molar-refractivity contribution in [1.82, 2.24) is 0 Å². The monoisotopic (exact) mass is 318 g/mol. The lowest BCUT2D eigenvalue weighted by atomic mass is 10.2. The molecular weight excluding hydrogens is 296 g/mol. The molecule has 1 aromatic rings. The van der Waals surface area contributed by atoms with E-state index in [1.54, 1.807) is 21.1 Å². The number of hydrogen-bond acceptors (Lipinski definition) is 7. The van der Waals surface area contributed by atoms with Gasteiger partial charge in [-0.25, -0.2) is 0 Å². The Morgan fingerprint density at radius 3 is 2.57 bits per heavy atom. The molecule has 2 unspecified atom stereocenters. The normalized spacial score (nSPS) is 14.0. The van der Waals surface area contributed by atoms with Crippen LogP contribution < -0.4 is 4.90 Å². The zero-order chi connectivity index (χ0) is 16.0. The standard InChI is InChI=1S/C13H22N2O5S/c1-9(8-20-4)14(5-6-19-3)13-11(15(17)18)7-12(21-13)10(2)16/h7,9-10,16H,5-6,8H2,1-4H3. The predicted octanol–water partition coefficient (Wildman–Crippen LogP) is 2.20. The van der Waals surface area contributed by atoms with Crippen molar-refractivity contribution in [3.8, 4) is 0 Å². The minimum Gasteiger partial charge on any atom is -0.388 e. The minimum atomic E-state index is -0.732. The van der Waals surface area contributed by atoms with E-state index in [1.807, 2.05) is 11.8 Å². The third kappa shape index (κ3) is 4.63. The highest BCUT2D eigenvalue weighted by Gasteiger charge is 2.28. The Morgan fingerprint density at radius 2 is 2.10 bits per heavy atom. The number of rotatable bonds is 9. The first-order valence-electron chi connectivity index (χ1n) is 6.63. The molecule has 1 rings (SSSR count). The van der Waals surface area contributed by atoms with Crippen molar-refractivity contribution < 1.29 is 19.5 Å². The van der Waals surface area contributed by atoms with Crippen LogP contribution in [0.3, 0.4) is 0 Å². The lowest BCUT2D eigenvalue weighted by Crippen LogP contribution is -2.38. The molecule has 21 heavy (non-hydrogen) atoms. The number of methoxy groups -OCH3 is 2. The van der Waals surface area contributed by atoms with Crippen molar-refractivity contribution in [2.45, 2.75) is 26.0 Å². The Labute approximate surface area is 128 Å². The van der Waals surface area contributed by atoms with Gasteiger partial charge in [0.25, 0.3) is 0 Å². The van der Waals surface area contributed by atoms with E-state index in [0.717, 1.165) is 0 Å². The van der Waals surface area contributed by atoms with Crippen molar-refractivity contribution in [2.24, 2.45) is 0 Å². The lowest BCUT2D eigenvalue weighted by Gasteiger charge is -2.28.